The molecule has 19 heavy (non-hydrogen) atoms. The molecule has 0 aliphatic heterocycles. The molecule has 0 aromatic rings. The van der Waals surface area contributed by atoms with Gasteiger partial charge in [-0.05, 0) is 60.2 Å². The van der Waals surface area contributed by atoms with Crippen molar-refractivity contribution in [1.29, 1.82) is 0 Å². The highest BCUT2D eigenvalue weighted by Crippen LogP contribution is 2.18. The van der Waals surface area contributed by atoms with E-state index < -0.39 is 5.54 Å². The Kier molecular flexibility index (Phi) is 9.02. The van der Waals surface area contributed by atoms with Crippen LogP contribution in [0.1, 0.15) is 53.9 Å². The number of hydrogen-bond donors (Lipinski definition) is 1. The lowest BCUT2D eigenvalue weighted by molar-refractivity contribution is -0.151. The largest absolute Gasteiger partial charge is 0.465 e. The first-order chi connectivity index (χ1) is 8.91. The highest BCUT2D eigenvalue weighted by molar-refractivity contribution is 5.80. The van der Waals surface area contributed by atoms with E-state index in [1.54, 1.807) is 0 Å². The zero-order chi connectivity index (χ0) is 14.9. The molecular formula is C15H32N2O2. The summed E-state index contributed by atoms with van der Waals surface area (Å²) in [5.41, 5.74) is -0.590. The molecule has 2 unspecified atom stereocenters. The predicted molar refractivity (Wildman–Crippen MR) is 80.3 cm³/mol. The Labute approximate surface area is 118 Å². The van der Waals surface area contributed by atoms with Crippen LogP contribution < -0.4 is 5.32 Å². The lowest BCUT2D eigenvalue weighted by Crippen LogP contribution is -2.54. The van der Waals surface area contributed by atoms with Gasteiger partial charge in [0, 0.05) is 6.04 Å². The number of hydrogen-bond acceptors (Lipinski definition) is 4. The summed E-state index contributed by atoms with van der Waals surface area (Å²) < 4.78 is 5.22. The van der Waals surface area contributed by atoms with E-state index in [1.165, 1.54) is 0 Å². The van der Waals surface area contributed by atoms with Crippen molar-refractivity contribution < 1.29 is 9.53 Å². The molecule has 0 radical (unpaired) electrons. The lowest BCUT2D eigenvalue weighted by atomic mass is 9.92. The molecule has 0 aliphatic rings. The average molecular weight is 272 g/mol. The molecular weight excluding hydrogens is 240 g/mol. The molecule has 4 nitrogen and oxygen atoms in total. The molecule has 2 atom stereocenters. The number of ether oxygens (including phenoxy) is 1. The van der Waals surface area contributed by atoms with Gasteiger partial charge in [-0.2, -0.15) is 0 Å². The second kappa shape index (κ2) is 9.32. The van der Waals surface area contributed by atoms with Crippen LogP contribution in [-0.2, 0) is 9.53 Å². The molecule has 0 aromatic heterocycles. The van der Waals surface area contributed by atoms with Gasteiger partial charge in [0.25, 0.3) is 0 Å². The molecule has 0 amide bonds. The minimum atomic E-state index is -0.590. The third kappa shape index (κ3) is 6.39. The maximum Gasteiger partial charge on any atom is 0.326 e. The van der Waals surface area contributed by atoms with Crippen LogP contribution in [-0.4, -0.2) is 49.2 Å². The Balaban J connectivity index is 4.69. The van der Waals surface area contributed by atoms with E-state index in [1.807, 2.05) is 13.8 Å². The summed E-state index contributed by atoms with van der Waals surface area (Å²) in [6.07, 6.45) is 2.90. The topological polar surface area (TPSA) is 41.6 Å². The number of nitrogens with zero attached hydrogens (tertiary/aromatic N) is 1. The van der Waals surface area contributed by atoms with Gasteiger partial charge in [0.1, 0.15) is 5.54 Å². The van der Waals surface area contributed by atoms with Crippen molar-refractivity contribution in [3.63, 3.8) is 0 Å². The molecule has 0 bridgehead atoms. The van der Waals surface area contributed by atoms with Crippen molar-refractivity contribution in [2.45, 2.75) is 65.5 Å². The van der Waals surface area contributed by atoms with Gasteiger partial charge < -0.3 is 15.0 Å². The van der Waals surface area contributed by atoms with Gasteiger partial charge in [0.15, 0.2) is 0 Å². The second-order valence-corrected chi connectivity index (χ2v) is 5.51. The van der Waals surface area contributed by atoms with Crippen LogP contribution in [0.4, 0.5) is 0 Å². The van der Waals surface area contributed by atoms with E-state index >= 15 is 0 Å². The Morgan fingerprint density at radius 2 is 1.95 bits per heavy atom. The first-order valence-corrected chi connectivity index (χ1v) is 7.53. The maximum atomic E-state index is 12.2. The summed E-state index contributed by atoms with van der Waals surface area (Å²) in [5.74, 6) is -0.139. The number of esters is 1. The summed E-state index contributed by atoms with van der Waals surface area (Å²) >= 11 is 0. The Morgan fingerprint density at radius 1 is 1.32 bits per heavy atom. The van der Waals surface area contributed by atoms with Crippen LogP contribution in [0.25, 0.3) is 0 Å². The maximum absolute atomic E-state index is 12.2. The minimum Gasteiger partial charge on any atom is -0.465 e. The van der Waals surface area contributed by atoms with E-state index in [4.69, 9.17) is 4.74 Å². The average Bonchev–Trinajstić information content (AvgIpc) is 2.36. The Bertz CT molecular complexity index is 259. The zero-order valence-electron chi connectivity index (χ0n) is 13.6. The van der Waals surface area contributed by atoms with E-state index in [0.717, 1.165) is 32.4 Å². The third-order valence-corrected chi connectivity index (χ3v) is 3.52. The van der Waals surface area contributed by atoms with Crippen molar-refractivity contribution in [1.82, 2.24) is 10.2 Å². The first kappa shape index (κ1) is 18.4. The van der Waals surface area contributed by atoms with Crippen molar-refractivity contribution >= 4 is 5.97 Å². The fourth-order valence-electron chi connectivity index (χ4n) is 2.24. The molecule has 0 saturated carbocycles. The lowest BCUT2D eigenvalue weighted by Gasteiger charge is -2.34. The van der Waals surface area contributed by atoms with Gasteiger partial charge >= 0.3 is 5.97 Å². The summed E-state index contributed by atoms with van der Waals surface area (Å²) in [6.45, 7) is 12.6. The van der Waals surface area contributed by atoms with Gasteiger partial charge in [-0.25, -0.2) is 0 Å². The van der Waals surface area contributed by atoms with E-state index in [0.29, 0.717) is 12.6 Å². The molecule has 0 fully saturated rings. The summed E-state index contributed by atoms with van der Waals surface area (Å²) in [5, 5.41) is 3.36. The molecule has 4 heteroatoms. The molecule has 0 aliphatic carbocycles. The van der Waals surface area contributed by atoms with Gasteiger partial charge in [0.05, 0.1) is 6.61 Å². The fraction of sp³-hybridized carbons (Fsp3) is 0.933. The number of carbonyl (C=O) groups is 1. The SMILES string of the molecule is CCCNC(C)(CC(C)N(C)CCC)C(=O)OCC. The number of rotatable bonds is 10. The molecule has 0 aromatic carbocycles. The molecule has 0 saturated heterocycles. The van der Waals surface area contributed by atoms with Crippen molar-refractivity contribution in [2.24, 2.45) is 0 Å². The number of nitrogens with one attached hydrogen (secondary N) is 1. The third-order valence-electron chi connectivity index (χ3n) is 3.52. The van der Waals surface area contributed by atoms with Crippen LogP contribution in [0.15, 0.2) is 0 Å². The van der Waals surface area contributed by atoms with E-state index in [9.17, 15) is 4.79 Å². The minimum absolute atomic E-state index is 0.139. The van der Waals surface area contributed by atoms with E-state index in [-0.39, 0.29) is 5.97 Å². The Hall–Kier alpha value is -0.610. The second-order valence-electron chi connectivity index (χ2n) is 5.51. The fourth-order valence-corrected chi connectivity index (χ4v) is 2.24. The van der Waals surface area contributed by atoms with Crippen LogP contribution in [0.2, 0.25) is 0 Å². The monoisotopic (exact) mass is 272 g/mol. The molecule has 0 rings (SSSR count). The van der Waals surface area contributed by atoms with E-state index in [2.05, 4.69) is 38.0 Å². The van der Waals surface area contributed by atoms with Gasteiger partial charge in [-0.15, -0.1) is 0 Å². The van der Waals surface area contributed by atoms with Crippen LogP contribution in [0.5, 0.6) is 0 Å². The van der Waals surface area contributed by atoms with Gasteiger partial charge in [0.2, 0.25) is 0 Å². The van der Waals surface area contributed by atoms with Crippen molar-refractivity contribution in [2.75, 3.05) is 26.7 Å². The highest BCUT2D eigenvalue weighted by atomic mass is 16.5. The number of carbonyl (C=O) groups excluding carboxylic acids is 1. The Morgan fingerprint density at radius 3 is 2.42 bits per heavy atom. The summed E-state index contributed by atoms with van der Waals surface area (Å²) in [4.78, 5) is 14.5. The standard InChI is InChI=1S/C15H32N2O2/c1-7-10-16-15(5,14(18)19-9-3)12-13(4)17(6)11-8-2/h13,16H,7-12H2,1-6H3. The molecule has 0 spiro atoms. The predicted octanol–water partition coefficient (Wildman–Crippen LogP) is 2.43. The van der Waals surface area contributed by atoms with Crippen LogP contribution >= 0.6 is 0 Å². The summed E-state index contributed by atoms with van der Waals surface area (Å²) in [7, 11) is 2.11. The molecule has 0 heterocycles. The highest BCUT2D eigenvalue weighted by Gasteiger charge is 2.36. The molecule has 1 N–H and O–H groups in total. The smallest absolute Gasteiger partial charge is 0.326 e. The first-order valence-electron chi connectivity index (χ1n) is 7.53. The van der Waals surface area contributed by atoms with Crippen LogP contribution in [0.3, 0.4) is 0 Å². The van der Waals surface area contributed by atoms with Gasteiger partial charge in [-0.1, -0.05) is 13.8 Å². The normalized spacial score (nSPS) is 16.2. The van der Waals surface area contributed by atoms with Crippen molar-refractivity contribution in [3.8, 4) is 0 Å². The van der Waals surface area contributed by atoms with Gasteiger partial charge in [-0.3, -0.25) is 4.79 Å². The van der Waals surface area contributed by atoms with Crippen molar-refractivity contribution in [3.05, 3.63) is 0 Å². The van der Waals surface area contributed by atoms with Crippen LogP contribution in [0, 0.1) is 0 Å². The summed E-state index contributed by atoms with van der Waals surface area (Å²) in [6, 6.07) is 0.346. The zero-order valence-corrected chi connectivity index (χ0v) is 13.6. The molecule has 114 valence electrons. The quantitative estimate of drug-likeness (QED) is 0.620.